The zero-order valence-corrected chi connectivity index (χ0v) is 13.0. The van der Waals surface area contributed by atoms with Crippen molar-refractivity contribution in [2.75, 3.05) is 5.32 Å². The number of carbonyl (C=O) groups excluding carboxylic acids is 1. The van der Waals surface area contributed by atoms with E-state index < -0.39 is 5.54 Å². The molecule has 1 aliphatic carbocycles. The first kappa shape index (κ1) is 15.5. The van der Waals surface area contributed by atoms with Crippen LogP contribution in [0, 0.1) is 0 Å². The van der Waals surface area contributed by atoms with Gasteiger partial charge in [0.25, 0.3) is 0 Å². The van der Waals surface area contributed by atoms with Gasteiger partial charge in [0.2, 0.25) is 5.91 Å². The molecule has 5 heteroatoms. The smallest absolute Gasteiger partial charge is 0.244 e. The third-order valence-corrected chi connectivity index (χ3v) is 4.17. The minimum atomic E-state index is -0.730. The maximum atomic E-state index is 12.3. The van der Waals surface area contributed by atoms with Crippen molar-refractivity contribution < 1.29 is 9.53 Å². The molecule has 0 aliphatic heterocycles. The summed E-state index contributed by atoms with van der Waals surface area (Å²) in [5.41, 5.74) is 7.14. The second-order valence-corrected chi connectivity index (χ2v) is 6.00. The van der Waals surface area contributed by atoms with Crippen LogP contribution in [-0.4, -0.2) is 16.4 Å². The SMILES string of the molecule is NC1(C(=O)Nc2cccc(OCc3cccnc3)c2)CCCC1. The van der Waals surface area contributed by atoms with Crippen molar-refractivity contribution >= 4 is 11.6 Å². The third kappa shape index (κ3) is 3.87. The number of amides is 1. The zero-order valence-electron chi connectivity index (χ0n) is 13.0. The molecule has 0 bridgehead atoms. The highest BCUT2D eigenvalue weighted by Crippen LogP contribution is 2.29. The highest BCUT2D eigenvalue weighted by atomic mass is 16.5. The molecular formula is C18H21N3O2. The Morgan fingerprint density at radius 2 is 2.09 bits per heavy atom. The van der Waals surface area contributed by atoms with Crippen LogP contribution in [0.2, 0.25) is 0 Å². The molecule has 0 spiro atoms. The fourth-order valence-electron chi connectivity index (χ4n) is 2.80. The van der Waals surface area contributed by atoms with E-state index in [1.54, 1.807) is 12.4 Å². The third-order valence-electron chi connectivity index (χ3n) is 4.17. The number of pyridine rings is 1. The average Bonchev–Trinajstić information content (AvgIpc) is 3.02. The molecule has 1 aliphatic rings. The van der Waals surface area contributed by atoms with Crippen LogP contribution < -0.4 is 15.8 Å². The summed E-state index contributed by atoms with van der Waals surface area (Å²) in [6, 6.07) is 11.2. The van der Waals surface area contributed by atoms with Gasteiger partial charge in [0.05, 0.1) is 5.54 Å². The summed E-state index contributed by atoms with van der Waals surface area (Å²) in [5, 5.41) is 2.91. The topological polar surface area (TPSA) is 77.2 Å². The first-order valence-electron chi connectivity index (χ1n) is 7.88. The van der Waals surface area contributed by atoms with Crippen molar-refractivity contribution in [1.29, 1.82) is 0 Å². The summed E-state index contributed by atoms with van der Waals surface area (Å²) in [7, 11) is 0. The van der Waals surface area contributed by atoms with E-state index in [0.29, 0.717) is 18.0 Å². The van der Waals surface area contributed by atoms with Crippen molar-refractivity contribution in [1.82, 2.24) is 4.98 Å². The van der Waals surface area contributed by atoms with E-state index in [-0.39, 0.29) is 5.91 Å². The van der Waals surface area contributed by atoms with Gasteiger partial charge in [-0.3, -0.25) is 9.78 Å². The number of nitrogens with two attached hydrogens (primary N) is 1. The van der Waals surface area contributed by atoms with Gasteiger partial charge in [0.15, 0.2) is 0 Å². The summed E-state index contributed by atoms with van der Waals surface area (Å²) in [6.07, 6.45) is 7.01. The number of carbonyl (C=O) groups is 1. The summed E-state index contributed by atoms with van der Waals surface area (Å²) in [6.45, 7) is 0.437. The van der Waals surface area contributed by atoms with Gasteiger partial charge in [-0.25, -0.2) is 0 Å². The van der Waals surface area contributed by atoms with Crippen LogP contribution in [0.25, 0.3) is 0 Å². The van der Waals surface area contributed by atoms with Gasteiger partial charge in [-0.05, 0) is 31.0 Å². The number of nitrogens with one attached hydrogen (secondary N) is 1. The lowest BCUT2D eigenvalue weighted by atomic mass is 9.98. The Hall–Kier alpha value is -2.40. The van der Waals surface area contributed by atoms with Gasteiger partial charge >= 0.3 is 0 Å². The molecule has 0 atom stereocenters. The molecule has 1 fully saturated rings. The summed E-state index contributed by atoms with van der Waals surface area (Å²) >= 11 is 0. The van der Waals surface area contributed by atoms with Crippen LogP contribution in [0.3, 0.4) is 0 Å². The first-order valence-corrected chi connectivity index (χ1v) is 7.88. The van der Waals surface area contributed by atoms with Crippen molar-refractivity contribution in [2.24, 2.45) is 5.73 Å². The molecule has 1 aromatic carbocycles. The van der Waals surface area contributed by atoms with Crippen molar-refractivity contribution in [3.8, 4) is 5.75 Å². The predicted octanol–water partition coefficient (Wildman–Crippen LogP) is 2.87. The van der Waals surface area contributed by atoms with Gasteiger partial charge in [0.1, 0.15) is 12.4 Å². The predicted molar refractivity (Wildman–Crippen MR) is 89.0 cm³/mol. The van der Waals surface area contributed by atoms with E-state index >= 15 is 0 Å². The Bertz CT molecular complexity index is 667. The molecule has 1 heterocycles. The lowest BCUT2D eigenvalue weighted by Crippen LogP contribution is -2.48. The molecule has 0 saturated heterocycles. The number of benzene rings is 1. The van der Waals surface area contributed by atoms with Crippen LogP contribution in [0.4, 0.5) is 5.69 Å². The van der Waals surface area contributed by atoms with Crippen LogP contribution in [0.15, 0.2) is 48.8 Å². The molecule has 23 heavy (non-hydrogen) atoms. The Morgan fingerprint density at radius 1 is 1.26 bits per heavy atom. The molecule has 2 aromatic rings. The van der Waals surface area contributed by atoms with Crippen molar-refractivity contribution in [3.05, 3.63) is 54.4 Å². The Labute approximate surface area is 135 Å². The zero-order chi connectivity index (χ0) is 16.1. The number of anilines is 1. The summed E-state index contributed by atoms with van der Waals surface area (Å²) < 4.78 is 5.74. The van der Waals surface area contributed by atoms with Gasteiger partial charge in [-0.1, -0.05) is 25.0 Å². The van der Waals surface area contributed by atoms with Crippen molar-refractivity contribution in [3.63, 3.8) is 0 Å². The highest BCUT2D eigenvalue weighted by Gasteiger charge is 2.36. The number of hydrogen-bond acceptors (Lipinski definition) is 4. The molecule has 1 saturated carbocycles. The molecule has 0 unspecified atom stereocenters. The fourth-order valence-corrected chi connectivity index (χ4v) is 2.80. The Balaban J connectivity index is 1.62. The van der Waals surface area contributed by atoms with E-state index in [0.717, 1.165) is 31.2 Å². The van der Waals surface area contributed by atoms with Crippen LogP contribution in [0.1, 0.15) is 31.2 Å². The molecule has 1 aromatic heterocycles. The lowest BCUT2D eigenvalue weighted by Gasteiger charge is -2.22. The first-order chi connectivity index (χ1) is 11.2. The number of rotatable bonds is 5. The highest BCUT2D eigenvalue weighted by molar-refractivity contribution is 5.98. The monoisotopic (exact) mass is 311 g/mol. The van der Waals surface area contributed by atoms with Gasteiger partial charge < -0.3 is 15.8 Å². The molecule has 3 rings (SSSR count). The Kier molecular flexibility index (Phi) is 4.57. The van der Waals surface area contributed by atoms with Crippen LogP contribution in [0.5, 0.6) is 5.75 Å². The molecular weight excluding hydrogens is 290 g/mol. The number of ether oxygens (including phenoxy) is 1. The second-order valence-electron chi connectivity index (χ2n) is 6.00. The standard InChI is InChI=1S/C18H21N3O2/c19-18(8-1-2-9-18)17(22)21-15-6-3-7-16(11-15)23-13-14-5-4-10-20-12-14/h3-7,10-12H,1-2,8-9,13,19H2,(H,21,22). The molecule has 0 radical (unpaired) electrons. The molecule has 5 nitrogen and oxygen atoms in total. The van der Waals surface area contributed by atoms with E-state index in [2.05, 4.69) is 10.3 Å². The number of hydrogen-bond donors (Lipinski definition) is 2. The Morgan fingerprint density at radius 3 is 2.83 bits per heavy atom. The van der Waals surface area contributed by atoms with E-state index in [1.165, 1.54) is 0 Å². The normalized spacial score (nSPS) is 16.0. The summed E-state index contributed by atoms with van der Waals surface area (Å²) in [5.74, 6) is 0.587. The second kappa shape index (κ2) is 6.79. The maximum Gasteiger partial charge on any atom is 0.244 e. The van der Waals surface area contributed by atoms with Crippen molar-refractivity contribution in [2.45, 2.75) is 37.8 Å². The van der Waals surface area contributed by atoms with E-state index in [1.807, 2.05) is 36.4 Å². The minimum Gasteiger partial charge on any atom is -0.489 e. The maximum absolute atomic E-state index is 12.3. The van der Waals surface area contributed by atoms with E-state index in [4.69, 9.17) is 10.5 Å². The average molecular weight is 311 g/mol. The lowest BCUT2D eigenvalue weighted by molar-refractivity contribution is -0.121. The quantitative estimate of drug-likeness (QED) is 0.890. The largest absolute Gasteiger partial charge is 0.489 e. The molecule has 1 amide bonds. The van der Waals surface area contributed by atoms with E-state index in [9.17, 15) is 4.79 Å². The van der Waals surface area contributed by atoms with Gasteiger partial charge in [0, 0.05) is 29.7 Å². The fraction of sp³-hybridized carbons (Fsp3) is 0.333. The number of aromatic nitrogens is 1. The van der Waals surface area contributed by atoms with Gasteiger partial charge in [-0.2, -0.15) is 0 Å². The van der Waals surface area contributed by atoms with Crippen LogP contribution in [-0.2, 0) is 11.4 Å². The summed E-state index contributed by atoms with van der Waals surface area (Å²) in [4.78, 5) is 16.4. The molecule has 120 valence electrons. The number of nitrogens with zero attached hydrogens (tertiary/aromatic N) is 1. The van der Waals surface area contributed by atoms with Crippen LogP contribution >= 0.6 is 0 Å². The molecule has 3 N–H and O–H groups in total. The minimum absolute atomic E-state index is 0.112. The van der Waals surface area contributed by atoms with Gasteiger partial charge in [-0.15, -0.1) is 0 Å².